The van der Waals surface area contributed by atoms with Crippen molar-refractivity contribution in [2.24, 2.45) is 0 Å². The number of hydrogen-bond donors (Lipinski definition) is 3. The highest BCUT2D eigenvalue weighted by Gasteiger charge is 2.08. The van der Waals surface area contributed by atoms with Gasteiger partial charge in [0.1, 0.15) is 11.6 Å². The standard InChI is InChI=1S/C12H14BrN3O/c1-8(12-14-4-5-15-12)16-7-9-6-10(13)2-3-11(9)17/h2-6,8,16-17H,7H2,1H3,(H,14,15). The molecule has 2 rings (SSSR count). The Balaban J connectivity index is 2.00. The number of phenolic OH excluding ortho intramolecular Hbond substituents is 1. The Kier molecular flexibility index (Phi) is 3.81. The van der Waals surface area contributed by atoms with Crippen LogP contribution in [0.2, 0.25) is 0 Å². The van der Waals surface area contributed by atoms with Gasteiger partial charge >= 0.3 is 0 Å². The molecule has 0 bridgehead atoms. The van der Waals surface area contributed by atoms with Crippen LogP contribution in [0.4, 0.5) is 0 Å². The molecular weight excluding hydrogens is 282 g/mol. The van der Waals surface area contributed by atoms with Crippen LogP contribution in [0.25, 0.3) is 0 Å². The zero-order chi connectivity index (χ0) is 12.3. The van der Waals surface area contributed by atoms with Gasteiger partial charge in [0.15, 0.2) is 0 Å². The van der Waals surface area contributed by atoms with E-state index in [0.29, 0.717) is 12.3 Å². The number of halogens is 1. The summed E-state index contributed by atoms with van der Waals surface area (Å²) < 4.78 is 0.956. The fraction of sp³-hybridized carbons (Fsp3) is 0.250. The zero-order valence-electron chi connectivity index (χ0n) is 9.44. The molecule has 1 unspecified atom stereocenters. The van der Waals surface area contributed by atoms with Crippen molar-refractivity contribution >= 4 is 15.9 Å². The Hall–Kier alpha value is -1.33. The molecule has 0 aliphatic carbocycles. The number of nitrogens with one attached hydrogen (secondary N) is 2. The third-order valence-electron chi connectivity index (χ3n) is 2.57. The van der Waals surface area contributed by atoms with Crippen LogP contribution in [0.5, 0.6) is 5.75 Å². The number of phenols is 1. The zero-order valence-corrected chi connectivity index (χ0v) is 11.0. The third kappa shape index (κ3) is 3.08. The Morgan fingerprint density at radius 2 is 2.35 bits per heavy atom. The minimum absolute atomic E-state index is 0.114. The molecule has 0 fully saturated rings. The molecule has 5 heteroatoms. The smallest absolute Gasteiger partial charge is 0.122 e. The molecule has 0 aliphatic rings. The molecule has 0 saturated carbocycles. The summed E-state index contributed by atoms with van der Waals surface area (Å²) in [5.74, 6) is 1.19. The Morgan fingerprint density at radius 1 is 1.53 bits per heavy atom. The second-order valence-electron chi connectivity index (χ2n) is 3.85. The van der Waals surface area contributed by atoms with Gasteiger partial charge in [0.05, 0.1) is 6.04 Å². The van der Waals surface area contributed by atoms with E-state index in [1.807, 2.05) is 19.1 Å². The monoisotopic (exact) mass is 295 g/mol. The van der Waals surface area contributed by atoms with Crippen molar-refractivity contribution in [3.8, 4) is 5.75 Å². The van der Waals surface area contributed by atoms with Gasteiger partial charge in [-0.25, -0.2) is 4.98 Å². The van der Waals surface area contributed by atoms with Crippen molar-refractivity contribution in [1.82, 2.24) is 15.3 Å². The van der Waals surface area contributed by atoms with Gasteiger partial charge in [0.2, 0.25) is 0 Å². The van der Waals surface area contributed by atoms with E-state index in [0.717, 1.165) is 15.9 Å². The molecule has 17 heavy (non-hydrogen) atoms. The van der Waals surface area contributed by atoms with E-state index in [1.165, 1.54) is 0 Å². The molecule has 0 radical (unpaired) electrons. The number of aromatic amines is 1. The lowest BCUT2D eigenvalue weighted by Crippen LogP contribution is -2.19. The second kappa shape index (κ2) is 5.33. The van der Waals surface area contributed by atoms with E-state index in [2.05, 4.69) is 31.2 Å². The molecule has 1 heterocycles. The molecule has 0 amide bonds. The summed E-state index contributed by atoms with van der Waals surface area (Å²) in [6.45, 7) is 2.61. The molecule has 1 aromatic heterocycles. The average molecular weight is 296 g/mol. The molecular formula is C12H14BrN3O. The average Bonchev–Trinajstić information content (AvgIpc) is 2.83. The lowest BCUT2D eigenvalue weighted by Gasteiger charge is -2.12. The number of hydrogen-bond acceptors (Lipinski definition) is 3. The number of nitrogens with zero attached hydrogens (tertiary/aromatic N) is 1. The largest absolute Gasteiger partial charge is 0.508 e. The molecule has 1 aromatic carbocycles. The van der Waals surface area contributed by atoms with Crippen LogP contribution in [0.15, 0.2) is 35.1 Å². The summed E-state index contributed by atoms with van der Waals surface area (Å²) in [5.41, 5.74) is 0.859. The summed E-state index contributed by atoms with van der Waals surface area (Å²) in [4.78, 5) is 7.23. The fourth-order valence-corrected chi connectivity index (χ4v) is 1.98. The number of rotatable bonds is 4. The topological polar surface area (TPSA) is 60.9 Å². The highest BCUT2D eigenvalue weighted by Crippen LogP contribution is 2.22. The maximum Gasteiger partial charge on any atom is 0.122 e. The van der Waals surface area contributed by atoms with Gasteiger partial charge in [-0.1, -0.05) is 15.9 Å². The first-order valence-electron chi connectivity index (χ1n) is 5.37. The molecule has 0 saturated heterocycles. The van der Waals surface area contributed by atoms with E-state index in [1.54, 1.807) is 18.5 Å². The van der Waals surface area contributed by atoms with Gasteiger partial charge < -0.3 is 15.4 Å². The van der Waals surface area contributed by atoms with Crippen molar-refractivity contribution in [3.63, 3.8) is 0 Å². The van der Waals surface area contributed by atoms with E-state index in [4.69, 9.17) is 0 Å². The molecule has 4 nitrogen and oxygen atoms in total. The molecule has 0 aliphatic heterocycles. The molecule has 1 atom stereocenters. The fourth-order valence-electron chi connectivity index (χ4n) is 1.57. The lowest BCUT2D eigenvalue weighted by molar-refractivity contribution is 0.458. The van der Waals surface area contributed by atoms with E-state index in [9.17, 15) is 5.11 Å². The van der Waals surface area contributed by atoms with Gasteiger partial charge in [-0.15, -0.1) is 0 Å². The maximum atomic E-state index is 9.69. The van der Waals surface area contributed by atoms with Crippen molar-refractivity contribution < 1.29 is 5.11 Å². The van der Waals surface area contributed by atoms with Crippen molar-refractivity contribution in [2.45, 2.75) is 19.5 Å². The summed E-state index contributed by atoms with van der Waals surface area (Å²) in [5, 5.41) is 13.0. The van der Waals surface area contributed by atoms with Crippen molar-refractivity contribution in [2.75, 3.05) is 0 Å². The third-order valence-corrected chi connectivity index (χ3v) is 3.06. The predicted molar refractivity (Wildman–Crippen MR) is 69.6 cm³/mol. The summed E-state index contributed by atoms with van der Waals surface area (Å²) in [6, 6.07) is 5.51. The van der Waals surface area contributed by atoms with Crippen LogP contribution in [-0.4, -0.2) is 15.1 Å². The van der Waals surface area contributed by atoms with Gasteiger partial charge in [0.25, 0.3) is 0 Å². The van der Waals surface area contributed by atoms with Crippen LogP contribution in [0, 0.1) is 0 Å². The van der Waals surface area contributed by atoms with Gasteiger partial charge in [0, 0.05) is 29.0 Å². The quantitative estimate of drug-likeness (QED) is 0.813. The minimum Gasteiger partial charge on any atom is -0.508 e. The first-order valence-corrected chi connectivity index (χ1v) is 6.16. The summed E-state index contributed by atoms with van der Waals surface area (Å²) in [7, 11) is 0. The second-order valence-corrected chi connectivity index (χ2v) is 4.77. The molecule has 90 valence electrons. The molecule has 3 N–H and O–H groups in total. The minimum atomic E-state index is 0.114. The first-order chi connectivity index (χ1) is 8.16. The van der Waals surface area contributed by atoms with Crippen LogP contribution in [0.1, 0.15) is 24.4 Å². The Labute approximate surface area is 108 Å². The Bertz CT molecular complexity index is 485. The number of aromatic nitrogens is 2. The molecule has 2 aromatic rings. The molecule has 0 spiro atoms. The number of aromatic hydroxyl groups is 1. The Morgan fingerprint density at radius 3 is 3.06 bits per heavy atom. The van der Waals surface area contributed by atoms with Crippen LogP contribution >= 0.6 is 15.9 Å². The van der Waals surface area contributed by atoms with E-state index in [-0.39, 0.29) is 6.04 Å². The van der Waals surface area contributed by atoms with Crippen LogP contribution in [0.3, 0.4) is 0 Å². The van der Waals surface area contributed by atoms with Crippen LogP contribution < -0.4 is 5.32 Å². The SMILES string of the molecule is CC(NCc1cc(Br)ccc1O)c1ncc[nH]1. The predicted octanol–water partition coefficient (Wildman–Crippen LogP) is 2.73. The first kappa shape index (κ1) is 12.1. The maximum absolute atomic E-state index is 9.69. The van der Waals surface area contributed by atoms with Gasteiger partial charge in [-0.3, -0.25) is 0 Å². The highest BCUT2D eigenvalue weighted by atomic mass is 79.9. The van der Waals surface area contributed by atoms with Crippen molar-refractivity contribution in [3.05, 3.63) is 46.5 Å². The van der Waals surface area contributed by atoms with Gasteiger partial charge in [-0.05, 0) is 25.1 Å². The van der Waals surface area contributed by atoms with E-state index >= 15 is 0 Å². The summed E-state index contributed by atoms with van der Waals surface area (Å²) in [6.07, 6.45) is 3.52. The normalized spacial score (nSPS) is 12.6. The highest BCUT2D eigenvalue weighted by molar-refractivity contribution is 9.10. The summed E-state index contributed by atoms with van der Waals surface area (Å²) >= 11 is 3.38. The number of H-pyrrole nitrogens is 1. The number of imidazole rings is 1. The number of benzene rings is 1. The van der Waals surface area contributed by atoms with Crippen LogP contribution in [-0.2, 0) is 6.54 Å². The van der Waals surface area contributed by atoms with Crippen molar-refractivity contribution in [1.29, 1.82) is 0 Å². The lowest BCUT2D eigenvalue weighted by atomic mass is 10.2. The van der Waals surface area contributed by atoms with Gasteiger partial charge in [-0.2, -0.15) is 0 Å². The van der Waals surface area contributed by atoms with E-state index < -0.39 is 0 Å².